The summed E-state index contributed by atoms with van der Waals surface area (Å²) in [5.41, 5.74) is 0.760. The average Bonchev–Trinajstić information content (AvgIpc) is 2.35. The minimum atomic E-state index is -1.02. The molecule has 0 fully saturated rings. The van der Waals surface area contributed by atoms with Crippen LogP contribution in [0.2, 0.25) is 0 Å². The standard InChI is InChI=1S/C12H8BrF2NO/c13-7-8-3-2-6-16-12(8)17-10-5-1-4-9(14)11(10)15/h1-6H,7H2. The van der Waals surface area contributed by atoms with Gasteiger partial charge >= 0.3 is 0 Å². The zero-order valence-electron chi connectivity index (χ0n) is 8.66. The van der Waals surface area contributed by atoms with Crippen LogP contribution in [-0.2, 0) is 5.33 Å². The van der Waals surface area contributed by atoms with Crippen LogP contribution >= 0.6 is 15.9 Å². The molecule has 0 saturated heterocycles. The predicted molar refractivity (Wildman–Crippen MR) is 63.3 cm³/mol. The van der Waals surface area contributed by atoms with Gasteiger partial charge < -0.3 is 4.74 Å². The maximum Gasteiger partial charge on any atom is 0.223 e. The van der Waals surface area contributed by atoms with Crippen molar-refractivity contribution >= 4 is 15.9 Å². The molecule has 0 aliphatic heterocycles. The predicted octanol–water partition coefficient (Wildman–Crippen LogP) is 4.05. The van der Waals surface area contributed by atoms with Crippen LogP contribution in [0.3, 0.4) is 0 Å². The molecule has 1 aromatic carbocycles. The van der Waals surface area contributed by atoms with Gasteiger partial charge in [-0.2, -0.15) is 4.39 Å². The van der Waals surface area contributed by atoms with Gasteiger partial charge in [-0.3, -0.25) is 0 Å². The second kappa shape index (κ2) is 5.23. The first kappa shape index (κ1) is 12.0. The van der Waals surface area contributed by atoms with E-state index in [-0.39, 0.29) is 11.6 Å². The molecule has 0 radical (unpaired) electrons. The molecule has 2 aromatic rings. The van der Waals surface area contributed by atoms with Crippen molar-refractivity contribution in [2.45, 2.75) is 5.33 Å². The van der Waals surface area contributed by atoms with E-state index >= 15 is 0 Å². The van der Waals surface area contributed by atoms with Crippen LogP contribution < -0.4 is 4.74 Å². The van der Waals surface area contributed by atoms with Crippen molar-refractivity contribution in [2.75, 3.05) is 0 Å². The van der Waals surface area contributed by atoms with Crippen molar-refractivity contribution in [1.82, 2.24) is 4.98 Å². The third-order valence-corrected chi connectivity index (χ3v) is 2.72. The molecule has 0 aliphatic carbocycles. The summed E-state index contributed by atoms with van der Waals surface area (Å²) in [6.07, 6.45) is 1.53. The van der Waals surface area contributed by atoms with Crippen LogP contribution in [0.25, 0.3) is 0 Å². The molecule has 0 saturated carbocycles. The molecule has 0 amide bonds. The van der Waals surface area contributed by atoms with Crippen molar-refractivity contribution in [2.24, 2.45) is 0 Å². The molecule has 88 valence electrons. The molecule has 17 heavy (non-hydrogen) atoms. The molecule has 1 aromatic heterocycles. The normalized spacial score (nSPS) is 10.3. The van der Waals surface area contributed by atoms with Gasteiger partial charge in [-0.05, 0) is 18.2 Å². The van der Waals surface area contributed by atoms with Gasteiger partial charge in [0, 0.05) is 17.1 Å². The summed E-state index contributed by atoms with van der Waals surface area (Å²) in [4.78, 5) is 3.97. The lowest BCUT2D eigenvalue weighted by atomic mass is 10.3. The number of pyridine rings is 1. The second-order valence-electron chi connectivity index (χ2n) is 3.26. The number of alkyl halides is 1. The Bertz CT molecular complexity index is 534. The van der Waals surface area contributed by atoms with E-state index in [9.17, 15) is 8.78 Å². The molecule has 0 N–H and O–H groups in total. The fourth-order valence-corrected chi connectivity index (χ4v) is 1.71. The summed E-state index contributed by atoms with van der Waals surface area (Å²) >= 11 is 3.27. The summed E-state index contributed by atoms with van der Waals surface area (Å²) in [7, 11) is 0. The summed E-state index contributed by atoms with van der Waals surface area (Å²) in [5, 5.41) is 0.521. The van der Waals surface area contributed by atoms with Crippen molar-refractivity contribution in [3.05, 3.63) is 53.7 Å². The Morgan fingerprint density at radius 2 is 2.00 bits per heavy atom. The molecule has 0 aliphatic rings. The van der Waals surface area contributed by atoms with E-state index in [4.69, 9.17) is 4.74 Å². The molecule has 0 atom stereocenters. The number of hydrogen-bond donors (Lipinski definition) is 0. The first-order chi connectivity index (χ1) is 8.22. The average molecular weight is 300 g/mol. The fraction of sp³-hybridized carbons (Fsp3) is 0.0833. The van der Waals surface area contributed by atoms with Gasteiger partial charge in [0.2, 0.25) is 11.7 Å². The van der Waals surface area contributed by atoms with Gasteiger partial charge in [-0.15, -0.1) is 0 Å². The smallest absolute Gasteiger partial charge is 0.223 e. The Kier molecular flexibility index (Phi) is 3.68. The van der Waals surface area contributed by atoms with Gasteiger partial charge in [-0.1, -0.05) is 28.1 Å². The Labute approximate surface area is 105 Å². The number of halogens is 3. The molecule has 1 heterocycles. The fourth-order valence-electron chi connectivity index (χ4n) is 1.28. The summed E-state index contributed by atoms with van der Waals surface area (Å²) in [5.74, 6) is -1.88. The lowest BCUT2D eigenvalue weighted by Gasteiger charge is -2.08. The number of benzene rings is 1. The van der Waals surface area contributed by atoms with Crippen molar-refractivity contribution in [3.8, 4) is 11.6 Å². The van der Waals surface area contributed by atoms with Gasteiger partial charge in [-0.25, -0.2) is 9.37 Å². The Balaban J connectivity index is 2.35. The Morgan fingerprint density at radius 1 is 1.18 bits per heavy atom. The van der Waals surface area contributed by atoms with E-state index in [2.05, 4.69) is 20.9 Å². The zero-order valence-corrected chi connectivity index (χ0v) is 10.2. The van der Waals surface area contributed by atoms with E-state index < -0.39 is 11.6 Å². The van der Waals surface area contributed by atoms with Gasteiger partial charge in [0.05, 0.1) is 0 Å². The molecule has 5 heteroatoms. The molecular formula is C12H8BrF2NO. The van der Waals surface area contributed by atoms with Crippen LogP contribution in [0.15, 0.2) is 36.5 Å². The maximum atomic E-state index is 13.4. The molecule has 0 unspecified atom stereocenters. The molecule has 0 bridgehead atoms. The first-order valence-corrected chi connectivity index (χ1v) is 5.96. The summed E-state index contributed by atoms with van der Waals surface area (Å²) in [6.45, 7) is 0. The second-order valence-corrected chi connectivity index (χ2v) is 3.82. The largest absolute Gasteiger partial charge is 0.436 e. The number of ether oxygens (including phenoxy) is 1. The van der Waals surface area contributed by atoms with E-state index in [0.29, 0.717) is 5.33 Å². The van der Waals surface area contributed by atoms with Crippen molar-refractivity contribution in [1.29, 1.82) is 0 Å². The third kappa shape index (κ3) is 2.61. The Morgan fingerprint density at radius 3 is 2.76 bits per heavy atom. The minimum absolute atomic E-state index is 0.175. The highest BCUT2D eigenvalue weighted by molar-refractivity contribution is 9.08. The quantitative estimate of drug-likeness (QED) is 0.798. The van der Waals surface area contributed by atoms with Crippen molar-refractivity contribution < 1.29 is 13.5 Å². The van der Waals surface area contributed by atoms with Crippen LogP contribution in [-0.4, -0.2) is 4.98 Å². The summed E-state index contributed by atoms with van der Waals surface area (Å²) in [6, 6.07) is 7.29. The molecule has 2 nitrogen and oxygen atoms in total. The van der Waals surface area contributed by atoms with Crippen LogP contribution in [0, 0.1) is 11.6 Å². The summed E-state index contributed by atoms with van der Waals surface area (Å²) < 4.78 is 31.6. The lowest BCUT2D eigenvalue weighted by molar-refractivity contribution is 0.403. The van der Waals surface area contributed by atoms with Crippen molar-refractivity contribution in [3.63, 3.8) is 0 Å². The Hall–Kier alpha value is -1.49. The van der Waals surface area contributed by atoms with Crippen LogP contribution in [0.5, 0.6) is 11.6 Å². The maximum absolute atomic E-state index is 13.4. The topological polar surface area (TPSA) is 22.1 Å². The first-order valence-electron chi connectivity index (χ1n) is 4.84. The highest BCUT2D eigenvalue weighted by atomic mass is 79.9. The van der Waals surface area contributed by atoms with E-state index in [1.807, 2.05) is 0 Å². The zero-order chi connectivity index (χ0) is 12.3. The number of hydrogen-bond acceptors (Lipinski definition) is 2. The lowest BCUT2D eigenvalue weighted by Crippen LogP contribution is -1.96. The number of nitrogens with zero attached hydrogens (tertiary/aromatic N) is 1. The number of aromatic nitrogens is 1. The van der Waals surface area contributed by atoms with Gasteiger partial charge in [0.25, 0.3) is 0 Å². The highest BCUT2D eigenvalue weighted by Gasteiger charge is 2.12. The van der Waals surface area contributed by atoms with Crippen LogP contribution in [0.4, 0.5) is 8.78 Å². The number of rotatable bonds is 3. The minimum Gasteiger partial charge on any atom is -0.436 e. The monoisotopic (exact) mass is 299 g/mol. The molecule has 2 rings (SSSR count). The molecule has 0 spiro atoms. The SMILES string of the molecule is Fc1cccc(Oc2ncccc2CBr)c1F. The molecular weight excluding hydrogens is 292 g/mol. The highest BCUT2D eigenvalue weighted by Crippen LogP contribution is 2.27. The van der Waals surface area contributed by atoms with Crippen LogP contribution in [0.1, 0.15) is 5.56 Å². The van der Waals surface area contributed by atoms with Gasteiger partial charge in [0.15, 0.2) is 11.6 Å². The van der Waals surface area contributed by atoms with E-state index in [0.717, 1.165) is 11.6 Å². The van der Waals surface area contributed by atoms with E-state index in [1.165, 1.54) is 18.3 Å². The van der Waals surface area contributed by atoms with E-state index in [1.54, 1.807) is 12.1 Å². The third-order valence-electron chi connectivity index (χ3n) is 2.12. The van der Waals surface area contributed by atoms with Gasteiger partial charge in [0.1, 0.15) is 0 Å².